The predicted octanol–water partition coefficient (Wildman–Crippen LogP) is 2.61. The van der Waals surface area contributed by atoms with Crippen LogP contribution in [0.3, 0.4) is 0 Å². The zero-order chi connectivity index (χ0) is 10.1. The molecule has 0 aliphatic carbocycles. The van der Waals surface area contributed by atoms with Gasteiger partial charge in [0, 0.05) is 6.61 Å². The Morgan fingerprint density at radius 1 is 1.50 bits per heavy atom. The Balaban J connectivity index is 2.26. The van der Waals surface area contributed by atoms with Crippen molar-refractivity contribution in [2.45, 2.75) is 32.7 Å². The largest absolute Gasteiger partial charge is 0.379 e. The SMILES string of the molecule is Cc1nn(C2CCCOC2)c(C)c1Br. The molecular weight excluding hydrogens is 244 g/mol. The smallest absolute Gasteiger partial charge is 0.0757 e. The first-order valence-corrected chi connectivity index (χ1v) is 5.78. The Morgan fingerprint density at radius 3 is 2.79 bits per heavy atom. The molecule has 2 rings (SSSR count). The molecule has 1 aliphatic heterocycles. The molecule has 1 aromatic rings. The molecule has 0 saturated carbocycles. The van der Waals surface area contributed by atoms with Gasteiger partial charge >= 0.3 is 0 Å². The Morgan fingerprint density at radius 2 is 2.29 bits per heavy atom. The minimum absolute atomic E-state index is 0.425. The number of aryl methyl sites for hydroxylation is 1. The Hall–Kier alpha value is -0.350. The summed E-state index contributed by atoms with van der Waals surface area (Å²) in [5, 5.41) is 4.52. The summed E-state index contributed by atoms with van der Waals surface area (Å²) in [5.74, 6) is 0. The van der Waals surface area contributed by atoms with Crippen LogP contribution >= 0.6 is 15.9 Å². The molecule has 0 spiro atoms. The summed E-state index contributed by atoms with van der Waals surface area (Å²) in [5.41, 5.74) is 2.27. The molecule has 0 bridgehead atoms. The van der Waals surface area contributed by atoms with Gasteiger partial charge in [-0.25, -0.2) is 0 Å². The first-order valence-electron chi connectivity index (χ1n) is 4.99. The molecule has 3 nitrogen and oxygen atoms in total. The molecule has 0 N–H and O–H groups in total. The van der Waals surface area contributed by atoms with E-state index in [1.165, 1.54) is 12.1 Å². The molecule has 0 aromatic carbocycles. The van der Waals surface area contributed by atoms with Crippen LogP contribution in [0, 0.1) is 13.8 Å². The van der Waals surface area contributed by atoms with E-state index in [4.69, 9.17) is 4.74 Å². The maximum absolute atomic E-state index is 5.46. The number of aromatic nitrogens is 2. The molecule has 1 atom stereocenters. The van der Waals surface area contributed by atoms with Crippen LogP contribution in [0.15, 0.2) is 4.47 Å². The maximum atomic E-state index is 5.46. The van der Waals surface area contributed by atoms with E-state index in [2.05, 4.69) is 32.6 Å². The molecule has 78 valence electrons. The molecule has 14 heavy (non-hydrogen) atoms. The van der Waals surface area contributed by atoms with Crippen molar-refractivity contribution in [1.29, 1.82) is 0 Å². The molecule has 1 fully saturated rings. The lowest BCUT2D eigenvalue weighted by Crippen LogP contribution is -2.23. The molecule has 1 saturated heterocycles. The van der Waals surface area contributed by atoms with Crippen LogP contribution in [-0.4, -0.2) is 23.0 Å². The number of ether oxygens (including phenoxy) is 1. The molecule has 1 unspecified atom stereocenters. The molecule has 1 aliphatic rings. The molecule has 0 radical (unpaired) electrons. The first-order chi connectivity index (χ1) is 6.70. The lowest BCUT2D eigenvalue weighted by atomic mass is 10.1. The Labute approximate surface area is 92.6 Å². The summed E-state index contributed by atoms with van der Waals surface area (Å²) in [4.78, 5) is 0. The van der Waals surface area contributed by atoms with Crippen molar-refractivity contribution in [1.82, 2.24) is 9.78 Å². The van der Waals surface area contributed by atoms with Crippen LogP contribution in [0.2, 0.25) is 0 Å². The summed E-state index contributed by atoms with van der Waals surface area (Å²) in [6.45, 7) is 5.82. The van der Waals surface area contributed by atoms with E-state index in [1.54, 1.807) is 0 Å². The highest BCUT2D eigenvalue weighted by molar-refractivity contribution is 9.10. The predicted molar refractivity (Wildman–Crippen MR) is 58.5 cm³/mol. The van der Waals surface area contributed by atoms with Gasteiger partial charge in [-0.15, -0.1) is 0 Å². The second-order valence-corrected chi connectivity index (χ2v) is 4.59. The van der Waals surface area contributed by atoms with Crippen LogP contribution < -0.4 is 0 Å². The normalized spacial score (nSPS) is 22.6. The van der Waals surface area contributed by atoms with Gasteiger partial charge in [0.2, 0.25) is 0 Å². The minimum atomic E-state index is 0.425. The van der Waals surface area contributed by atoms with Gasteiger partial charge in [-0.3, -0.25) is 4.68 Å². The van der Waals surface area contributed by atoms with E-state index in [0.29, 0.717) is 6.04 Å². The van der Waals surface area contributed by atoms with Crippen LogP contribution in [0.1, 0.15) is 30.3 Å². The molecule has 2 heterocycles. The first kappa shape index (κ1) is 10.2. The molecule has 4 heteroatoms. The quantitative estimate of drug-likeness (QED) is 0.775. The number of rotatable bonds is 1. The van der Waals surface area contributed by atoms with Crippen molar-refractivity contribution in [3.63, 3.8) is 0 Å². The van der Waals surface area contributed by atoms with Gasteiger partial charge in [0.25, 0.3) is 0 Å². The highest BCUT2D eigenvalue weighted by Gasteiger charge is 2.20. The summed E-state index contributed by atoms with van der Waals surface area (Å²) >= 11 is 3.54. The van der Waals surface area contributed by atoms with Crippen molar-refractivity contribution < 1.29 is 4.74 Å². The van der Waals surface area contributed by atoms with E-state index in [9.17, 15) is 0 Å². The summed E-state index contributed by atoms with van der Waals surface area (Å²) < 4.78 is 8.69. The fourth-order valence-electron chi connectivity index (χ4n) is 1.91. The average Bonchev–Trinajstić information content (AvgIpc) is 2.47. The highest BCUT2D eigenvalue weighted by atomic mass is 79.9. The van der Waals surface area contributed by atoms with Crippen molar-refractivity contribution in [3.8, 4) is 0 Å². The van der Waals surface area contributed by atoms with E-state index in [-0.39, 0.29) is 0 Å². The van der Waals surface area contributed by atoms with E-state index < -0.39 is 0 Å². The number of nitrogens with zero attached hydrogens (tertiary/aromatic N) is 2. The van der Waals surface area contributed by atoms with Crippen LogP contribution in [0.25, 0.3) is 0 Å². The van der Waals surface area contributed by atoms with Crippen LogP contribution in [0.5, 0.6) is 0 Å². The minimum Gasteiger partial charge on any atom is -0.379 e. The monoisotopic (exact) mass is 258 g/mol. The van der Waals surface area contributed by atoms with Crippen LogP contribution in [-0.2, 0) is 4.74 Å². The van der Waals surface area contributed by atoms with Gasteiger partial charge in [0.05, 0.1) is 28.5 Å². The lowest BCUT2D eigenvalue weighted by Gasteiger charge is -2.23. The van der Waals surface area contributed by atoms with Gasteiger partial charge in [0.15, 0.2) is 0 Å². The highest BCUT2D eigenvalue weighted by Crippen LogP contribution is 2.26. The van der Waals surface area contributed by atoms with Crippen molar-refractivity contribution in [3.05, 3.63) is 15.9 Å². The third kappa shape index (κ3) is 1.73. The summed E-state index contributed by atoms with van der Waals surface area (Å²) in [6.07, 6.45) is 2.31. The number of hydrogen-bond acceptors (Lipinski definition) is 2. The van der Waals surface area contributed by atoms with Gasteiger partial charge in [0.1, 0.15) is 0 Å². The third-order valence-corrected chi connectivity index (χ3v) is 3.87. The summed E-state index contributed by atoms with van der Waals surface area (Å²) in [6, 6.07) is 0.425. The number of hydrogen-bond donors (Lipinski definition) is 0. The standard InChI is InChI=1S/C10H15BrN2O/c1-7-10(11)8(2)13(12-7)9-4-3-5-14-6-9/h9H,3-6H2,1-2H3. The Kier molecular flexibility index (Phi) is 2.93. The van der Waals surface area contributed by atoms with E-state index in [0.717, 1.165) is 29.8 Å². The number of halogens is 1. The van der Waals surface area contributed by atoms with Gasteiger partial charge in [-0.1, -0.05) is 0 Å². The Bertz CT molecular complexity index is 329. The van der Waals surface area contributed by atoms with E-state index >= 15 is 0 Å². The molecular formula is C10H15BrN2O. The molecule has 1 aromatic heterocycles. The zero-order valence-electron chi connectivity index (χ0n) is 8.59. The maximum Gasteiger partial charge on any atom is 0.0757 e. The van der Waals surface area contributed by atoms with Gasteiger partial charge in [-0.05, 0) is 42.6 Å². The third-order valence-electron chi connectivity index (χ3n) is 2.72. The fourth-order valence-corrected chi connectivity index (χ4v) is 2.18. The van der Waals surface area contributed by atoms with Gasteiger partial charge < -0.3 is 4.74 Å². The summed E-state index contributed by atoms with van der Waals surface area (Å²) in [7, 11) is 0. The van der Waals surface area contributed by atoms with Crippen molar-refractivity contribution in [2.24, 2.45) is 0 Å². The zero-order valence-corrected chi connectivity index (χ0v) is 10.2. The van der Waals surface area contributed by atoms with Crippen molar-refractivity contribution in [2.75, 3.05) is 13.2 Å². The second kappa shape index (κ2) is 4.03. The van der Waals surface area contributed by atoms with Crippen LogP contribution in [0.4, 0.5) is 0 Å². The van der Waals surface area contributed by atoms with E-state index in [1.807, 2.05) is 6.92 Å². The van der Waals surface area contributed by atoms with Gasteiger partial charge in [-0.2, -0.15) is 5.10 Å². The fraction of sp³-hybridized carbons (Fsp3) is 0.700. The average molecular weight is 259 g/mol. The van der Waals surface area contributed by atoms with Crippen molar-refractivity contribution >= 4 is 15.9 Å². The second-order valence-electron chi connectivity index (χ2n) is 3.80. The molecule has 0 amide bonds. The lowest BCUT2D eigenvalue weighted by molar-refractivity contribution is 0.0541. The topological polar surface area (TPSA) is 27.1 Å².